The minimum Gasteiger partial charge on any atom is -0.327 e. The van der Waals surface area contributed by atoms with E-state index in [0.29, 0.717) is 0 Å². The maximum atomic E-state index is 5.98. The molecule has 0 aliphatic rings. The van der Waals surface area contributed by atoms with Crippen molar-refractivity contribution in [2.75, 3.05) is 0 Å². The van der Waals surface area contributed by atoms with Crippen molar-refractivity contribution < 1.29 is 0 Å². The van der Waals surface area contributed by atoms with Crippen LogP contribution in [-0.2, 0) is 6.42 Å². The van der Waals surface area contributed by atoms with Gasteiger partial charge in [-0.1, -0.05) is 24.7 Å². The zero-order valence-corrected chi connectivity index (χ0v) is 9.63. The van der Waals surface area contributed by atoms with Crippen LogP contribution in [-0.4, -0.2) is 16.0 Å². The molecule has 2 aromatic heterocycles. The summed E-state index contributed by atoms with van der Waals surface area (Å²) in [6, 6.07) is 4.14. The van der Waals surface area contributed by atoms with Crippen molar-refractivity contribution in [1.82, 2.24) is 9.97 Å². The van der Waals surface area contributed by atoms with Crippen molar-refractivity contribution >= 4 is 21.7 Å². The van der Waals surface area contributed by atoms with Gasteiger partial charge in [-0.25, -0.2) is 9.97 Å². The number of thiazole rings is 1. The number of hydrogen-bond acceptors (Lipinski definition) is 4. The normalized spacial score (nSPS) is 13.2. The fourth-order valence-electron chi connectivity index (χ4n) is 1.60. The van der Waals surface area contributed by atoms with Crippen LogP contribution in [0.1, 0.15) is 24.8 Å². The molecular weight excluding hydrogens is 206 g/mol. The van der Waals surface area contributed by atoms with E-state index in [1.165, 1.54) is 0 Å². The second-order valence-corrected chi connectivity index (χ2v) is 4.75. The molecule has 0 bridgehead atoms. The summed E-state index contributed by atoms with van der Waals surface area (Å²) in [5, 5.41) is 1.10. The Morgan fingerprint density at radius 1 is 1.53 bits per heavy atom. The molecule has 0 aromatic carbocycles. The highest BCUT2D eigenvalue weighted by molar-refractivity contribution is 7.18. The van der Waals surface area contributed by atoms with E-state index in [-0.39, 0.29) is 6.04 Å². The summed E-state index contributed by atoms with van der Waals surface area (Å²) in [5.74, 6) is 0. The average molecular weight is 221 g/mol. The quantitative estimate of drug-likeness (QED) is 0.862. The SMILES string of the molecule is CCCC(N)Cc1nc2cccnc2s1. The van der Waals surface area contributed by atoms with E-state index in [0.717, 1.165) is 34.6 Å². The monoisotopic (exact) mass is 221 g/mol. The fourth-order valence-corrected chi connectivity index (χ4v) is 2.60. The van der Waals surface area contributed by atoms with Gasteiger partial charge in [0, 0.05) is 18.7 Å². The molecule has 0 saturated heterocycles. The zero-order chi connectivity index (χ0) is 10.7. The fraction of sp³-hybridized carbons (Fsp3) is 0.455. The summed E-state index contributed by atoms with van der Waals surface area (Å²) in [5.41, 5.74) is 6.97. The lowest BCUT2D eigenvalue weighted by Crippen LogP contribution is -2.22. The van der Waals surface area contributed by atoms with Gasteiger partial charge in [0.05, 0.1) is 5.01 Å². The van der Waals surface area contributed by atoms with Crippen LogP contribution >= 0.6 is 11.3 Å². The van der Waals surface area contributed by atoms with E-state index in [9.17, 15) is 0 Å². The van der Waals surface area contributed by atoms with E-state index in [4.69, 9.17) is 5.73 Å². The van der Waals surface area contributed by atoms with Gasteiger partial charge in [0.2, 0.25) is 0 Å². The number of aromatic nitrogens is 2. The second-order valence-electron chi connectivity index (χ2n) is 3.69. The topological polar surface area (TPSA) is 51.8 Å². The molecule has 1 atom stereocenters. The molecule has 15 heavy (non-hydrogen) atoms. The van der Waals surface area contributed by atoms with Crippen LogP contribution in [0.3, 0.4) is 0 Å². The van der Waals surface area contributed by atoms with Gasteiger partial charge in [-0.15, -0.1) is 0 Å². The molecule has 2 aromatic rings. The Kier molecular flexibility index (Phi) is 3.28. The molecule has 2 rings (SSSR count). The third-order valence-corrected chi connectivity index (χ3v) is 3.31. The van der Waals surface area contributed by atoms with Crippen molar-refractivity contribution in [2.45, 2.75) is 32.2 Å². The minimum absolute atomic E-state index is 0.232. The Labute approximate surface area is 93.4 Å². The molecular formula is C11H15N3S. The molecule has 3 nitrogen and oxygen atoms in total. The van der Waals surface area contributed by atoms with E-state index in [1.54, 1.807) is 17.5 Å². The first-order valence-corrected chi connectivity index (χ1v) is 6.07. The number of nitrogens with two attached hydrogens (primary N) is 1. The number of fused-ring (bicyclic) bond motifs is 1. The Balaban J connectivity index is 2.15. The van der Waals surface area contributed by atoms with E-state index >= 15 is 0 Å². The Bertz CT molecular complexity index is 405. The Hall–Kier alpha value is -1.00. The first-order chi connectivity index (χ1) is 7.29. The average Bonchev–Trinajstić information content (AvgIpc) is 2.59. The van der Waals surface area contributed by atoms with Gasteiger partial charge in [-0.05, 0) is 18.6 Å². The third-order valence-electron chi connectivity index (χ3n) is 2.31. The number of pyridine rings is 1. The molecule has 0 aliphatic carbocycles. The number of hydrogen-bond donors (Lipinski definition) is 1. The Morgan fingerprint density at radius 2 is 2.40 bits per heavy atom. The molecule has 0 fully saturated rings. The van der Waals surface area contributed by atoms with Gasteiger partial charge >= 0.3 is 0 Å². The van der Waals surface area contributed by atoms with Gasteiger partial charge in [0.1, 0.15) is 10.3 Å². The Morgan fingerprint density at radius 3 is 3.13 bits per heavy atom. The largest absolute Gasteiger partial charge is 0.327 e. The highest BCUT2D eigenvalue weighted by atomic mass is 32.1. The molecule has 1 unspecified atom stereocenters. The lowest BCUT2D eigenvalue weighted by Gasteiger charge is -2.06. The summed E-state index contributed by atoms with van der Waals surface area (Å²) in [4.78, 5) is 9.79. The lowest BCUT2D eigenvalue weighted by molar-refractivity contribution is 0.599. The molecule has 2 heterocycles. The van der Waals surface area contributed by atoms with Crippen molar-refractivity contribution in [3.63, 3.8) is 0 Å². The predicted molar refractivity (Wildman–Crippen MR) is 64.0 cm³/mol. The first-order valence-electron chi connectivity index (χ1n) is 5.25. The summed E-state index contributed by atoms with van der Waals surface area (Å²) >= 11 is 1.65. The van der Waals surface area contributed by atoms with E-state index < -0.39 is 0 Å². The first kappa shape index (κ1) is 10.5. The van der Waals surface area contributed by atoms with Crippen LogP contribution < -0.4 is 5.73 Å². The molecule has 2 N–H and O–H groups in total. The maximum Gasteiger partial charge on any atom is 0.143 e. The van der Waals surface area contributed by atoms with E-state index in [2.05, 4.69) is 16.9 Å². The smallest absolute Gasteiger partial charge is 0.143 e. The summed E-state index contributed by atoms with van der Waals surface area (Å²) in [6.45, 7) is 2.15. The molecule has 0 radical (unpaired) electrons. The van der Waals surface area contributed by atoms with E-state index in [1.807, 2.05) is 12.1 Å². The second kappa shape index (κ2) is 4.68. The van der Waals surface area contributed by atoms with Crippen LogP contribution in [0.15, 0.2) is 18.3 Å². The number of nitrogens with zero attached hydrogens (tertiary/aromatic N) is 2. The van der Waals surface area contributed by atoms with Crippen LogP contribution in [0.25, 0.3) is 10.3 Å². The number of rotatable bonds is 4. The van der Waals surface area contributed by atoms with Gasteiger partial charge in [0.25, 0.3) is 0 Å². The summed E-state index contributed by atoms with van der Waals surface area (Å²) in [7, 11) is 0. The molecule has 0 amide bonds. The molecule has 4 heteroatoms. The van der Waals surface area contributed by atoms with Crippen LogP contribution in [0.5, 0.6) is 0 Å². The van der Waals surface area contributed by atoms with Gasteiger partial charge in [-0.2, -0.15) is 0 Å². The highest BCUT2D eigenvalue weighted by Gasteiger charge is 2.08. The third kappa shape index (κ3) is 2.52. The van der Waals surface area contributed by atoms with Gasteiger partial charge in [-0.3, -0.25) is 0 Å². The molecule has 0 spiro atoms. The van der Waals surface area contributed by atoms with Crippen LogP contribution in [0, 0.1) is 0 Å². The predicted octanol–water partition coefficient (Wildman–Crippen LogP) is 2.36. The maximum absolute atomic E-state index is 5.98. The van der Waals surface area contributed by atoms with Crippen molar-refractivity contribution in [2.24, 2.45) is 5.73 Å². The molecule has 80 valence electrons. The van der Waals surface area contributed by atoms with Crippen LogP contribution in [0.2, 0.25) is 0 Å². The van der Waals surface area contributed by atoms with Crippen molar-refractivity contribution in [1.29, 1.82) is 0 Å². The molecule has 0 saturated carbocycles. The van der Waals surface area contributed by atoms with Crippen molar-refractivity contribution in [3.8, 4) is 0 Å². The standard InChI is InChI=1S/C11H15N3S/c1-2-4-8(12)7-10-14-9-5-3-6-13-11(9)15-10/h3,5-6,8H,2,4,7,12H2,1H3. The van der Waals surface area contributed by atoms with Gasteiger partial charge < -0.3 is 5.73 Å². The minimum atomic E-state index is 0.232. The lowest BCUT2D eigenvalue weighted by atomic mass is 10.1. The van der Waals surface area contributed by atoms with Crippen LogP contribution in [0.4, 0.5) is 0 Å². The molecule has 0 aliphatic heterocycles. The van der Waals surface area contributed by atoms with Crippen molar-refractivity contribution in [3.05, 3.63) is 23.3 Å². The summed E-state index contributed by atoms with van der Waals surface area (Å²) < 4.78 is 0. The highest BCUT2D eigenvalue weighted by Crippen LogP contribution is 2.20. The zero-order valence-electron chi connectivity index (χ0n) is 8.81. The summed E-state index contributed by atoms with van der Waals surface area (Å²) in [6.07, 6.45) is 4.86. The van der Waals surface area contributed by atoms with Gasteiger partial charge in [0.15, 0.2) is 0 Å².